The molecule has 4 aromatic rings. The first-order valence-corrected chi connectivity index (χ1v) is 11.7. The van der Waals surface area contributed by atoms with Gasteiger partial charge in [0.25, 0.3) is 0 Å². The van der Waals surface area contributed by atoms with E-state index in [9.17, 15) is 4.79 Å². The molecule has 2 N–H and O–H groups in total. The lowest BCUT2D eigenvalue weighted by Crippen LogP contribution is -2.37. The molecule has 0 bridgehead atoms. The summed E-state index contributed by atoms with van der Waals surface area (Å²) < 4.78 is 10.5. The molecule has 31 heavy (non-hydrogen) atoms. The number of nitrogens with zero attached hydrogens (tertiary/aromatic N) is 4. The van der Waals surface area contributed by atoms with E-state index in [-0.39, 0.29) is 17.9 Å². The average molecular weight is 455 g/mol. The van der Waals surface area contributed by atoms with Crippen molar-refractivity contribution in [3.63, 3.8) is 0 Å². The Bertz CT molecular complexity index is 1280. The molecule has 3 heterocycles. The van der Waals surface area contributed by atoms with Gasteiger partial charge in [-0.1, -0.05) is 4.49 Å². The minimum absolute atomic E-state index is 0.00802. The van der Waals surface area contributed by atoms with E-state index < -0.39 is 0 Å². The summed E-state index contributed by atoms with van der Waals surface area (Å²) in [5, 5.41) is 11.7. The van der Waals surface area contributed by atoms with Gasteiger partial charge in [0.2, 0.25) is 5.91 Å². The smallest absolute Gasteiger partial charge is 0.223 e. The van der Waals surface area contributed by atoms with Gasteiger partial charge in [-0.25, -0.2) is 9.97 Å². The van der Waals surface area contributed by atoms with Crippen molar-refractivity contribution in [2.45, 2.75) is 39.2 Å². The second-order valence-corrected chi connectivity index (χ2v) is 9.80. The molecule has 0 fully saturated rings. The molecule has 3 aromatic heterocycles. The van der Waals surface area contributed by atoms with Gasteiger partial charge < -0.3 is 15.4 Å². The maximum absolute atomic E-state index is 12.5. The van der Waals surface area contributed by atoms with E-state index in [2.05, 4.69) is 30.2 Å². The van der Waals surface area contributed by atoms with Crippen LogP contribution >= 0.6 is 22.9 Å². The predicted octanol–water partition coefficient (Wildman–Crippen LogP) is 4.08. The first-order valence-electron chi connectivity index (χ1n) is 10.2. The van der Waals surface area contributed by atoms with Crippen molar-refractivity contribution in [3.05, 3.63) is 28.9 Å². The van der Waals surface area contributed by atoms with Crippen LogP contribution in [0, 0.1) is 5.92 Å². The Morgan fingerprint density at radius 2 is 2.16 bits per heavy atom. The SMILES string of the molecule is COc1cc2nnsc2cc1Nc1ncnc2sc3c(c12)CCC(C(=O)NC(C)C)C3. The molecule has 10 heteroatoms. The van der Waals surface area contributed by atoms with Gasteiger partial charge in [-0.15, -0.1) is 16.4 Å². The number of methoxy groups -OCH3 is 1. The highest BCUT2D eigenvalue weighted by atomic mass is 32.1. The Kier molecular flexibility index (Phi) is 5.19. The first kappa shape index (κ1) is 20.1. The highest BCUT2D eigenvalue weighted by Crippen LogP contribution is 2.41. The number of nitrogens with one attached hydrogen (secondary N) is 2. The van der Waals surface area contributed by atoms with Crippen LogP contribution in [0.25, 0.3) is 20.4 Å². The molecule has 1 aliphatic carbocycles. The largest absolute Gasteiger partial charge is 0.494 e. The summed E-state index contributed by atoms with van der Waals surface area (Å²) in [6, 6.07) is 4.01. The second kappa shape index (κ2) is 8.01. The third kappa shape index (κ3) is 3.70. The molecular weight excluding hydrogens is 432 g/mol. The molecule has 160 valence electrons. The predicted molar refractivity (Wildman–Crippen MR) is 123 cm³/mol. The topological polar surface area (TPSA) is 102 Å². The number of benzene rings is 1. The maximum Gasteiger partial charge on any atom is 0.223 e. The number of thiophene rings is 1. The third-order valence-corrected chi connectivity index (χ3v) is 7.32. The number of amides is 1. The second-order valence-electron chi connectivity index (χ2n) is 7.93. The summed E-state index contributed by atoms with van der Waals surface area (Å²) >= 11 is 3.00. The molecule has 8 nitrogen and oxygen atoms in total. The molecule has 0 saturated carbocycles. The van der Waals surface area contributed by atoms with Crippen LogP contribution in [0.3, 0.4) is 0 Å². The van der Waals surface area contributed by atoms with Crippen LogP contribution < -0.4 is 15.4 Å². The summed E-state index contributed by atoms with van der Waals surface area (Å²) in [4.78, 5) is 23.7. The van der Waals surface area contributed by atoms with Crippen LogP contribution in [-0.4, -0.2) is 38.6 Å². The monoisotopic (exact) mass is 454 g/mol. The molecule has 0 aliphatic heterocycles. The van der Waals surface area contributed by atoms with Crippen molar-refractivity contribution < 1.29 is 9.53 Å². The fraction of sp³-hybridized carbons (Fsp3) is 0.381. The summed E-state index contributed by atoms with van der Waals surface area (Å²) in [6.45, 7) is 3.99. The number of ether oxygens (including phenoxy) is 1. The quantitative estimate of drug-likeness (QED) is 0.468. The van der Waals surface area contributed by atoms with Gasteiger partial charge in [-0.3, -0.25) is 4.79 Å². The fourth-order valence-corrected chi connectivity index (χ4v) is 5.88. The summed E-state index contributed by atoms with van der Waals surface area (Å²) in [5.74, 6) is 1.58. The van der Waals surface area contributed by atoms with Gasteiger partial charge in [-0.05, 0) is 56.3 Å². The molecular formula is C21H22N6O2S2. The number of rotatable bonds is 5. The zero-order valence-corrected chi connectivity index (χ0v) is 19.1. The third-order valence-electron chi connectivity index (χ3n) is 5.47. The van der Waals surface area contributed by atoms with Crippen molar-refractivity contribution in [3.8, 4) is 5.75 Å². The molecule has 0 radical (unpaired) electrons. The number of hydrogen-bond acceptors (Lipinski definition) is 9. The number of anilines is 2. The van der Waals surface area contributed by atoms with Gasteiger partial charge in [-0.2, -0.15) is 0 Å². The van der Waals surface area contributed by atoms with E-state index in [1.165, 1.54) is 22.0 Å². The van der Waals surface area contributed by atoms with E-state index in [1.807, 2.05) is 26.0 Å². The Labute approximate surface area is 187 Å². The van der Waals surface area contributed by atoms with E-state index in [0.717, 1.165) is 51.2 Å². The van der Waals surface area contributed by atoms with E-state index >= 15 is 0 Å². The van der Waals surface area contributed by atoms with Crippen molar-refractivity contribution in [1.29, 1.82) is 0 Å². The molecule has 0 saturated heterocycles. The number of carbonyl (C=O) groups is 1. The van der Waals surface area contributed by atoms with Crippen LogP contribution in [0.4, 0.5) is 11.5 Å². The van der Waals surface area contributed by atoms with Crippen LogP contribution in [0.5, 0.6) is 5.75 Å². The standard InChI is InChI=1S/C21H22N6O2S2/c1-10(2)24-20(28)11-4-5-12-16(6-11)30-21-18(12)19(22-9-23-21)25-13-8-17-14(26-27-31-17)7-15(13)29-3/h7-11H,4-6H2,1-3H3,(H,24,28)(H,22,23,25). The van der Waals surface area contributed by atoms with Gasteiger partial charge in [0, 0.05) is 22.9 Å². The first-order chi connectivity index (χ1) is 15.0. The molecule has 0 spiro atoms. The van der Waals surface area contributed by atoms with E-state index in [0.29, 0.717) is 5.75 Å². The van der Waals surface area contributed by atoms with Gasteiger partial charge in [0.05, 0.1) is 22.9 Å². The lowest BCUT2D eigenvalue weighted by molar-refractivity contribution is -0.125. The minimum Gasteiger partial charge on any atom is -0.494 e. The average Bonchev–Trinajstić information content (AvgIpc) is 3.36. The highest BCUT2D eigenvalue weighted by molar-refractivity contribution is 7.19. The van der Waals surface area contributed by atoms with Crippen LogP contribution in [-0.2, 0) is 17.6 Å². The molecule has 1 unspecified atom stereocenters. The zero-order chi connectivity index (χ0) is 21.5. The Morgan fingerprint density at radius 3 is 2.97 bits per heavy atom. The Hall–Kier alpha value is -2.85. The maximum atomic E-state index is 12.5. The molecule has 1 aromatic carbocycles. The minimum atomic E-state index is 0.00802. The fourth-order valence-electron chi connectivity index (χ4n) is 4.03. The van der Waals surface area contributed by atoms with Crippen LogP contribution in [0.1, 0.15) is 30.7 Å². The number of aryl methyl sites for hydroxylation is 1. The van der Waals surface area contributed by atoms with Crippen LogP contribution in [0.2, 0.25) is 0 Å². The van der Waals surface area contributed by atoms with Gasteiger partial charge in [0.1, 0.15) is 28.2 Å². The van der Waals surface area contributed by atoms with Gasteiger partial charge in [0.15, 0.2) is 0 Å². The number of hydrogen-bond donors (Lipinski definition) is 2. The molecule has 1 amide bonds. The Morgan fingerprint density at radius 1 is 1.29 bits per heavy atom. The molecule has 5 rings (SSSR count). The zero-order valence-electron chi connectivity index (χ0n) is 17.4. The van der Waals surface area contributed by atoms with Crippen molar-refractivity contribution in [1.82, 2.24) is 24.9 Å². The summed E-state index contributed by atoms with van der Waals surface area (Å²) in [6.07, 6.45) is 3.99. The summed E-state index contributed by atoms with van der Waals surface area (Å²) in [5.41, 5.74) is 2.86. The van der Waals surface area contributed by atoms with Crippen molar-refractivity contribution >= 4 is 60.7 Å². The van der Waals surface area contributed by atoms with Crippen molar-refractivity contribution in [2.75, 3.05) is 12.4 Å². The number of carbonyl (C=O) groups excluding carboxylic acids is 1. The molecule has 1 aliphatic rings. The van der Waals surface area contributed by atoms with Gasteiger partial charge >= 0.3 is 0 Å². The number of fused-ring (bicyclic) bond motifs is 4. The Balaban J connectivity index is 1.51. The lowest BCUT2D eigenvalue weighted by Gasteiger charge is -2.23. The van der Waals surface area contributed by atoms with E-state index in [1.54, 1.807) is 24.8 Å². The van der Waals surface area contributed by atoms with Crippen LogP contribution in [0.15, 0.2) is 18.5 Å². The van der Waals surface area contributed by atoms with Crippen molar-refractivity contribution in [2.24, 2.45) is 5.92 Å². The normalized spacial score (nSPS) is 15.9. The van der Waals surface area contributed by atoms with E-state index in [4.69, 9.17) is 4.74 Å². The number of aromatic nitrogens is 4. The molecule has 1 atom stereocenters. The highest BCUT2D eigenvalue weighted by Gasteiger charge is 2.29. The lowest BCUT2D eigenvalue weighted by atomic mass is 9.87. The summed E-state index contributed by atoms with van der Waals surface area (Å²) in [7, 11) is 1.64.